The van der Waals surface area contributed by atoms with Gasteiger partial charge in [-0.05, 0) is 99.6 Å². The average molecular weight is 579 g/mol. The van der Waals surface area contributed by atoms with E-state index >= 15 is 0 Å². The number of aliphatic imine (C=N–C) groups is 1. The summed E-state index contributed by atoms with van der Waals surface area (Å²) in [5.41, 5.74) is 14.7. The lowest BCUT2D eigenvalue weighted by Crippen LogP contribution is -2.36. The Balaban J connectivity index is 1.06. The third-order valence-corrected chi connectivity index (χ3v) is 7.83. The first kappa shape index (κ1) is 29.5. The van der Waals surface area contributed by atoms with Crippen LogP contribution in [0.4, 0.5) is 11.4 Å². The van der Waals surface area contributed by atoms with E-state index in [1.807, 2.05) is 67.6 Å². The molecule has 1 unspecified atom stereocenters. The van der Waals surface area contributed by atoms with Gasteiger partial charge in [0.25, 0.3) is 0 Å². The lowest BCUT2D eigenvalue weighted by Gasteiger charge is -2.37. The molecule has 1 amide bonds. The van der Waals surface area contributed by atoms with Crippen molar-refractivity contribution in [3.05, 3.63) is 95.6 Å². The summed E-state index contributed by atoms with van der Waals surface area (Å²) in [4.78, 5) is 16.3. The molecule has 43 heavy (non-hydrogen) atoms. The number of aromatic hydroxyl groups is 1. The second-order valence-electron chi connectivity index (χ2n) is 11.2. The van der Waals surface area contributed by atoms with Crippen molar-refractivity contribution >= 4 is 40.1 Å². The summed E-state index contributed by atoms with van der Waals surface area (Å²) >= 11 is 0. The lowest BCUT2D eigenvalue weighted by molar-refractivity contribution is -0.111. The fourth-order valence-electron chi connectivity index (χ4n) is 5.44. The summed E-state index contributed by atoms with van der Waals surface area (Å²) < 4.78 is 12.6. The zero-order valence-corrected chi connectivity index (χ0v) is 24.6. The number of nitrogens with one attached hydrogen (secondary N) is 1. The number of fused-ring (bicyclic) bond motifs is 3. The number of ether oxygens (including phenoxy) is 2. The molecular weight excluding hydrogens is 540 g/mol. The van der Waals surface area contributed by atoms with Crippen LogP contribution >= 0.6 is 0 Å². The van der Waals surface area contributed by atoms with Gasteiger partial charge in [-0.3, -0.25) is 4.79 Å². The van der Waals surface area contributed by atoms with Gasteiger partial charge >= 0.3 is 0 Å². The molecule has 0 fully saturated rings. The van der Waals surface area contributed by atoms with Gasteiger partial charge in [-0.15, -0.1) is 0 Å². The number of unbranched alkanes of at least 4 members (excludes halogenated alkanes) is 1. The monoisotopic (exact) mass is 578 g/mol. The molecule has 0 aromatic heterocycles. The highest BCUT2D eigenvalue weighted by atomic mass is 16.5. The number of phenols is 1. The van der Waals surface area contributed by atoms with Gasteiger partial charge in [0.15, 0.2) is 5.96 Å². The number of guanidine groups is 1. The quantitative estimate of drug-likeness (QED) is 0.0713. The first-order valence-corrected chi connectivity index (χ1v) is 14.5. The number of hydrogen-bond acceptors (Lipinski definition) is 5. The molecule has 1 aliphatic heterocycles. The molecule has 8 nitrogen and oxygen atoms in total. The number of anilines is 1. The number of carbonyl (C=O) groups excluding carboxylic acids is 1. The van der Waals surface area contributed by atoms with Crippen molar-refractivity contribution in [3.8, 4) is 17.2 Å². The van der Waals surface area contributed by atoms with Crippen LogP contribution in [0, 0.1) is 6.92 Å². The van der Waals surface area contributed by atoms with E-state index in [1.54, 1.807) is 18.2 Å². The van der Waals surface area contributed by atoms with Crippen molar-refractivity contribution in [1.82, 2.24) is 0 Å². The van der Waals surface area contributed by atoms with Crippen LogP contribution < -0.4 is 26.3 Å². The third-order valence-electron chi connectivity index (χ3n) is 7.83. The number of hydrogen-bond donors (Lipinski definition) is 4. The molecule has 222 valence electrons. The van der Waals surface area contributed by atoms with E-state index in [0.717, 1.165) is 71.1 Å². The largest absolute Gasteiger partial charge is 0.507 e. The van der Waals surface area contributed by atoms with Crippen molar-refractivity contribution in [1.29, 1.82) is 0 Å². The Morgan fingerprint density at radius 3 is 2.49 bits per heavy atom. The van der Waals surface area contributed by atoms with Crippen molar-refractivity contribution in [2.24, 2.45) is 16.5 Å². The molecule has 0 bridgehead atoms. The van der Waals surface area contributed by atoms with Crippen LogP contribution in [0.15, 0.2) is 83.9 Å². The molecule has 1 atom stereocenters. The molecular formula is C35H38N4O4. The maximum Gasteiger partial charge on any atom is 0.248 e. The van der Waals surface area contributed by atoms with E-state index in [-0.39, 0.29) is 17.5 Å². The fourth-order valence-corrected chi connectivity index (χ4v) is 5.44. The second kappa shape index (κ2) is 12.9. The number of phenolic OH excluding ortho intramolecular Hbond substituents is 1. The summed E-state index contributed by atoms with van der Waals surface area (Å²) in [7, 11) is 0. The molecule has 0 saturated carbocycles. The van der Waals surface area contributed by atoms with Gasteiger partial charge in [0.1, 0.15) is 22.8 Å². The molecule has 0 radical (unpaired) electrons. The third kappa shape index (κ3) is 7.27. The minimum atomic E-state index is -0.259. The zero-order chi connectivity index (χ0) is 30.4. The molecule has 0 saturated heterocycles. The molecule has 5 rings (SSSR count). The van der Waals surface area contributed by atoms with E-state index in [4.69, 9.17) is 20.9 Å². The molecule has 8 heteroatoms. The topological polar surface area (TPSA) is 132 Å². The van der Waals surface area contributed by atoms with E-state index in [0.29, 0.717) is 23.7 Å². The Labute approximate surface area is 252 Å². The van der Waals surface area contributed by atoms with Crippen molar-refractivity contribution in [2.75, 3.05) is 11.9 Å². The van der Waals surface area contributed by atoms with E-state index in [1.165, 1.54) is 6.08 Å². The van der Waals surface area contributed by atoms with Crippen LogP contribution in [-0.4, -0.2) is 29.2 Å². The van der Waals surface area contributed by atoms with Crippen LogP contribution in [0.5, 0.6) is 17.2 Å². The van der Waals surface area contributed by atoms with E-state index < -0.39 is 0 Å². The number of nitrogens with zero attached hydrogens (tertiary/aromatic N) is 1. The van der Waals surface area contributed by atoms with Crippen LogP contribution in [-0.2, 0) is 11.2 Å². The second-order valence-corrected chi connectivity index (χ2v) is 11.2. The van der Waals surface area contributed by atoms with Crippen LogP contribution in [0.1, 0.15) is 49.3 Å². The van der Waals surface area contributed by atoms with Crippen molar-refractivity contribution < 1.29 is 19.4 Å². The van der Waals surface area contributed by atoms with Gasteiger partial charge in [-0.2, -0.15) is 0 Å². The Kier molecular flexibility index (Phi) is 8.85. The zero-order valence-electron chi connectivity index (χ0n) is 24.6. The normalized spacial score (nSPS) is 16.0. The van der Waals surface area contributed by atoms with Gasteiger partial charge in [-0.25, -0.2) is 4.99 Å². The van der Waals surface area contributed by atoms with Gasteiger partial charge in [-0.1, -0.05) is 36.4 Å². The van der Waals surface area contributed by atoms with E-state index in [2.05, 4.69) is 17.2 Å². The molecule has 1 heterocycles. The van der Waals surface area contributed by atoms with Crippen molar-refractivity contribution in [2.45, 2.75) is 51.6 Å². The molecule has 6 N–H and O–H groups in total. The number of nitrogens with two attached hydrogens (primary N) is 2. The lowest BCUT2D eigenvalue weighted by atomic mass is 9.85. The molecule has 0 spiro atoms. The average Bonchev–Trinajstić information content (AvgIpc) is 3.00. The Bertz CT molecular complexity index is 1660. The maximum absolute atomic E-state index is 12.3. The Morgan fingerprint density at radius 2 is 1.77 bits per heavy atom. The SMILES string of the molecule is Cc1c2c(c3ccccc3c1O)OC(C)(CCCCOc1ccc(NC(=O)C=Cc3ccc(N=C(N)N)cc3)cc1)CC2. The van der Waals surface area contributed by atoms with Gasteiger partial charge in [0.05, 0.1) is 12.3 Å². The molecule has 0 aliphatic carbocycles. The smallest absolute Gasteiger partial charge is 0.248 e. The highest BCUT2D eigenvalue weighted by molar-refractivity contribution is 6.02. The number of rotatable bonds is 10. The summed E-state index contributed by atoms with van der Waals surface area (Å²) in [5, 5.41) is 15.3. The van der Waals surface area contributed by atoms with E-state index in [9.17, 15) is 9.90 Å². The summed E-state index contributed by atoms with van der Waals surface area (Å²) in [5.74, 6) is 1.79. The minimum absolute atomic E-state index is 0.00209. The predicted octanol–water partition coefficient (Wildman–Crippen LogP) is 6.74. The Hall–Kier alpha value is -4.98. The predicted molar refractivity (Wildman–Crippen MR) is 173 cm³/mol. The van der Waals surface area contributed by atoms with Crippen molar-refractivity contribution in [3.63, 3.8) is 0 Å². The van der Waals surface area contributed by atoms with Crippen LogP contribution in [0.2, 0.25) is 0 Å². The minimum Gasteiger partial charge on any atom is -0.507 e. The Morgan fingerprint density at radius 1 is 1.05 bits per heavy atom. The highest BCUT2D eigenvalue weighted by Gasteiger charge is 2.33. The van der Waals surface area contributed by atoms with Crippen LogP contribution in [0.3, 0.4) is 0 Å². The first-order valence-electron chi connectivity index (χ1n) is 14.5. The highest BCUT2D eigenvalue weighted by Crippen LogP contribution is 2.46. The number of benzene rings is 4. The fraction of sp³-hybridized carbons (Fsp3) is 0.257. The van der Waals surface area contributed by atoms with Crippen LogP contribution in [0.25, 0.3) is 16.8 Å². The molecule has 4 aromatic carbocycles. The summed E-state index contributed by atoms with van der Waals surface area (Å²) in [6, 6.07) is 22.5. The first-order chi connectivity index (χ1) is 20.7. The van der Waals surface area contributed by atoms with Gasteiger partial charge in [0.2, 0.25) is 5.91 Å². The summed E-state index contributed by atoms with van der Waals surface area (Å²) in [6.45, 7) is 4.75. The number of carbonyl (C=O) groups is 1. The molecule has 1 aliphatic rings. The van der Waals surface area contributed by atoms with Gasteiger partial charge < -0.3 is 31.4 Å². The molecule has 4 aromatic rings. The van der Waals surface area contributed by atoms with Gasteiger partial charge in [0, 0.05) is 28.1 Å². The number of amides is 1. The summed E-state index contributed by atoms with van der Waals surface area (Å²) in [6.07, 6.45) is 7.78. The maximum atomic E-state index is 12.3. The standard InChI is InChI=1S/C35H38N4O4/c1-23-28-19-21-35(2,43-33(28)30-8-4-3-7-29(30)32(23)41)20-5-6-22-42-27-16-14-25(15-17-27)38-31(40)18-11-24-9-12-26(13-10-24)39-34(36)37/h3-4,7-18,41H,5-6,19-22H2,1-2H3,(H,38,40)(H4,36,37,39).